The van der Waals surface area contributed by atoms with Gasteiger partial charge >= 0.3 is 0 Å². The van der Waals surface area contributed by atoms with Crippen molar-refractivity contribution in [1.29, 1.82) is 0 Å². The van der Waals surface area contributed by atoms with Gasteiger partial charge in [-0.3, -0.25) is 4.79 Å². The molecule has 0 spiro atoms. The third kappa shape index (κ3) is 2.11. The van der Waals surface area contributed by atoms with Gasteiger partial charge in [-0.05, 0) is 11.6 Å². The topological polar surface area (TPSA) is 29.1 Å². The summed E-state index contributed by atoms with van der Waals surface area (Å²) in [6, 6.07) is 8.27. The third-order valence-corrected chi connectivity index (χ3v) is 3.21. The van der Waals surface area contributed by atoms with Gasteiger partial charge in [-0.1, -0.05) is 39.0 Å². The Morgan fingerprint density at radius 2 is 2.06 bits per heavy atom. The first kappa shape index (κ1) is 11.2. The van der Waals surface area contributed by atoms with Crippen LogP contribution in [0.2, 0.25) is 0 Å². The molecule has 0 fully saturated rings. The van der Waals surface area contributed by atoms with Gasteiger partial charge in [0.1, 0.15) is 5.78 Å². The first-order valence-corrected chi connectivity index (χ1v) is 5.84. The van der Waals surface area contributed by atoms with E-state index in [1.807, 2.05) is 32.9 Å². The lowest BCUT2D eigenvalue weighted by Gasteiger charge is -2.19. The molecular formula is C14H19NO. The summed E-state index contributed by atoms with van der Waals surface area (Å²) in [7, 11) is 0. The van der Waals surface area contributed by atoms with Crippen LogP contribution >= 0.6 is 0 Å². The van der Waals surface area contributed by atoms with E-state index in [2.05, 4.69) is 17.4 Å². The van der Waals surface area contributed by atoms with Crippen LogP contribution in [0.5, 0.6) is 0 Å². The smallest absolute Gasteiger partial charge is 0.138 e. The van der Waals surface area contributed by atoms with Crippen LogP contribution < -0.4 is 5.32 Å². The SMILES string of the molecule is CC(C)(C)C(=O)CC1CNc2ccccc21. The molecule has 0 saturated heterocycles. The molecule has 1 aliphatic rings. The standard InChI is InChI=1S/C14H19NO/c1-14(2,3)13(16)8-10-9-15-12-7-5-4-6-11(10)12/h4-7,10,15H,8-9H2,1-3H3. The second kappa shape index (κ2) is 3.93. The van der Waals surface area contributed by atoms with Gasteiger partial charge in [0.15, 0.2) is 0 Å². The summed E-state index contributed by atoms with van der Waals surface area (Å²) in [6.07, 6.45) is 0.646. The van der Waals surface area contributed by atoms with Gasteiger partial charge in [0.25, 0.3) is 0 Å². The van der Waals surface area contributed by atoms with Crippen LogP contribution in [-0.4, -0.2) is 12.3 Å². The van der Waals surface area contributed by atoms with Crippen LogP contribution in [0.1, 0.15) is 38.7 Å². The number of benzene rings is 1. The van der Waals surface area contributed by atoms with E-state index in [-0.39, 0.29) is 5.41 Å². The number of ketones is 1. The van der Waals surface area contributed by atoms with Crippen LogP contribution in [0.3, 0.4) is 0 Å². The molecule has 16 heavy (non-hydrogen) atoms. The minimum atomic E-state index is -0.225. The molecule has 1 unspecified atom stereocenters. The second-order valence-corrected chi connectivity index (χ2v) is 5.54. The lowest BCUT2D eigenvalue weighted by Crippen LogP contribution is -2.22. The average Bonchev–Trinajstić information content (AvgIpc) is 2.61. The highest BCUT2D eigenvalue weighted by molar-refractivity contribution is 5.85. The molecule has 1 heterocycles. The maximum absolute atomic E-state index is 12.0. The molecule has 0 bridgehead atoms. The lowest BCUT2D eigenvalue weighted by molar-refractivity contribution is -0.126. The normalized spacial score (nSPS) is 19.1. The van der Waals surface area contributed by atoms with Gasteiger partial charge < -0.3 is 5.32 Å². The minimum Gasteiger partial charge on any atom is -0.384 e. The summed E-state index contributed by atoms with van der Waals surface area (Å²) in [5.41, 5.74) is 2.26. The second-order valence-electron chi connectivity index (χ2n) is 5.54. The van der Waals surface area contributed by atoms with Crippen molar-refractivity contribution in [2.45, 2.75) is 33.1 Å². The lowest BCUT2D eigenvalue weighted by atomic mass is 9.84. The molecule has 0 amide bonds. The number of carbonyl (C=O) groups is 1. The molecule has 2 nitrogen and oxygen atoms in total. The zero-order chi connectivity index (χ0) is 11.8. The zero-order valence-corrected chi connectivity index (χ0v) is 10.2. The van der Waals surface area contributed by atoms with Crippen LogP contribution in [0.15, 0.2) is 24.3 Å². The molecule has 1 aliphatic heterocycles. The number of Topliss-reactive ketones (excluding diaryl/α,β-unsaturated/α-hetero) is 1. The predicted octanol–water partition coefficient (Wildman–Crippen LogP) is 3.20. The molecule has 1 N–H and O–H groups in total. The summed E-state index contributed by atoms with van der Waals surface area (Å²) >= 11 is 0. The van der Waals surface area contributed by atoms with Crippen molar-refractivity contribution in [1.82, 2.24) is 0 Å². The molecule has 0 radical (unpaired) electrons. The van der Waals surface area contributed by atoms with Crippen molar-refractivity contribution in [2.75, 3.05) is 11.9 Å². The van der Waals surface area contributed by atoms with Gasteiger partial charge in [-0.15, -0.1) is 0 Å². The fraction of sp³-hybridized carbons (Fsp3) is 0.500. The summed E-state index contributed by atoms with van der Waals surface area (Å²) in [6.45, 7) is 6.86. The first-order chi connectivity index (χ1) is 7.48. The number of para-hydroxylation sites is 1. The minimum absolute atomic E-state index is 0.225. The van der Waals surface area contributed by atoms with E-state index in [4.69, 9.17) is 0 Å². The van der Waals surface area contributed by atoms with E-state index in [0.717, 1.165) is 6.54 Å². The maximum atomic E-state index is 12.0. The first-order valence-electron chi connectivity index (χ1n) is 5.84. The molecular weight excluding hydrogens is 198 g/mol. The van der Waals surface area contributed by atoms with Gasteiger partial charge in [0.2, 0.25) is 0 Å². The van der Waals surface area contributed by atoms with E-state index in [1.165, 1.54) is 11.3 Å². The Bertz CT molecular complexity index is 403. The van der Waals surface area contributed by atoms with Crippen LogP contribution in [0.4, 0.5) is 5.69 Å². The molecule has 0 saturated carbocycles. The summed E-state index contributed by atoms with van der Waals surface area (Å²) in [5, 5.41) is 3.35. The highest BCUT2D eigenvalue weighted by Crippen LogP contribution is 2.35. The Morgan fingerprint density at radius 3 is 2.75 bits per heavy atom. The van der Waals surface area contributed by atoms with Crippen molar-refractivity contribution in [3.8, 4) is 0 Å². The molecule has 1 aromatic rings. The zero-order valence-electron chi connectivity index (χ0n) is 10.2. The fourth-order valence-electron chi connectivity index (χ4n) is 2.07. The molecule has 2 rings (SSSR count). The summed E-state index contributed by atoms with van der Waals surface area (Å²) < 4.78 is 0. The maximum Gasteiger partial charge on any atom is 0.138 e. The largest absolute Gasteiger partial charge is 0.384 e. The number of carbonyl (C=O) groups excluding carboxylic acids is 1. The van der Waals surface area contributed by atoms with Gasteiger partial charge in [0.05, 0.1) is 0 Å². The number of nitrogens with one attached hydrogen (secondary N) is 1. The van der Waals surface area contributed by atoms with Crippen LogP contribution in [0.25, 0.3) is 0 Å². The van der Waals surface area contributed by atoms with Gasteiger partial charge in [0, 0.05) is 30.0 Å². The van der Waals surface area contributed by atoms with E-state index in [0.29, 0.717) is 18.1 Å². The molecule has 1 aromatic carbocycles. The van der Waals surface area contributed by atoms with Crippen molar-refractivity contribution in [2.24, 2.45) is 5.41 Å². The van der Waals surface area contributed by atoms with E-state index < -0.39 is 0 Å². The Hall–Kier alpha value is -1.31. The highest BCUT2D eigenvalue weighted by Gasteiger charge is 2.28. The Balaban J connectivity index is 2.12. The van der Waals surface area contributed by atoms with Gasteiger partial charge in [-0.2, -0.15) is 0 Å². The third-order valence-electron chi connectivity index (χ3n) is 3.21. The molecule has 0 aliphatic carbocycles. The quantitative estimate of drug-likeness (QED) is 0.824. The van der Waals surface area contributed by atoms with Crippen molar-refractivity contribution in [3.63, 3.8) is 0 Å². The Labute approximate surface area is 97.1 Å². The number of fused-ring (bicyclic) bond motifs is 1. The van der Waals surface area contributed by atoms with Crippen LogP contribution in [-0.2, 0) is 4.79 Å². The molecule has 0 aromatic heterocycles. The summed E-state index contributed by atoms with van der Waals surface area (Å²) in [4.78, 5) is 12.0. The number of anilines is 1. The number of hydrogen-bond acceptors (Lipinski definition) is 2. The van der Waals surface area contributed by atoms with E-state index in [1.54, 1.807) is 0 Å². The molecule has 2 heteroatoms. The predicted molar refractivity (Wildman–Crippen MR) is 66.8 cm³/mol. The number of rotatable bonds is 2. The summed E-state index contributed by atoms with van der Waals surface area (Å²) in [5.74, 6) is 0.693. The number of hydrogen-bond donors (Lipinski definition) is 1. The highest BCUT2D eigenvalue weighted by atomic mass is 16.1. The fourth-order valence-corrected chi connectivity index (χ4v) is 2.07. The van der Waals surface area contributed by atoms with E-state index in [9.17, 15) is 4.79 Å². The Kier molecular flexibility index (Phi) is 2.75. The average molecular weight is 217 g/mol. The molecule has 86 valence electrons. The molecule has 1 atom stereocenters. The van der Waals surface area contributed by atoms with Crippen LogP contribution in [0, 0.1) is 5.41 Å². The van der Waals surface area contributed by atoms with Crippen molar-refractivity contribution in [3.05, 3.63) is 29.8 Å². The monoisotopic (exact) mass is 217 g/mol. The van der Waals surface area contributed by atoms with E-state index >= 15 is 0 Å². The van der Waals surface area contributed by atoms with Crippen molar-refractivity contribution < 1.29 is 4.79 Å². The van der Waals surface area contributed by atoms with Gasteiger partial charge in [-0.25, -0.2) is 0 Å². The van der Waals surface area contributed by atoms with Crippen molar-refractivity contribution >= 4 is 11.5 Å². The Morgan fingerprint density at radius 1 is 1.38 bits per heavy atom.